The van der Waals surface area contributed by atoms with Crippen LogP contribution in [-0.2, 0) is 19.4 Å². The zero-order chi connectivity index (χ0) is 14.2. The molecule has 0 spiro atoms. The maximum Gasteiger partial charge on any atom is 0.0869 e. The molecule has 0 radical (unpaired) electrons. The standard InChI is InChI=1S/C16H27N3O/c1-3-13-11-14(19(4-2)17-13)12-16(20)8-10-18-9-6-5-7-15(16)18/h11,15,20H,3-10,12H2,1-2H3. The Morgan fingerprint density at radius 2 is 2.20 bits per heavy atom. The molecule has 112 valence electrons. The number of aryl methyl sites for hydroxylation is 2. The number of aliphatic hydroxyl groups is 1. The fourth-order valence-electron chi connectivity index (χ4n) is 3.99. The summed E-state index contributed by atoms with van der Waals surface area (Å²) in [5.41, 5.74) is 1.81. The Balaban J connectivity index is 1.81. The van der Waals surface area contributed by atoms with Crippen molar-refractivity contribution < 1.29 is 5.11 Å². The number of aromatic nitrogens is 2. The molecular weight excluding hydrogens is 250 g/mol. The summed E-state index contributed by atoms with van der Waals surface area (Å²) in [5, 5.41) is 15.8. The second-order valence-electron chi connectivity index (χ2n) is 6.37. The Hall–Kier alpha value is -0.870. The predicted octanol–water partition coefficient (Wildman–Crippen LogP) is 2.00. The van der Waals surface area contributed by atoms with Gasteiger partial charge in [-0.2, -0.15) is 5.10 Å². The smallest absolute Gasteiger partial charge is 0.0869 e. The molecule has 2 atom stereocenters. The third kappa shape index (κ3) is 2.40. The Morgan fingerprint density at radius 3 is 2.95 bits per heavy atom. The summed E-state index contributed by atoms with van der Waals surface area (Å²) in [6.07, 6.45) is 6.34. The second-order valence-corrected chi connectivity index (χ2v) is 6.37. The molecule has 2 saturated heterocycles. The highest BCUT2D eigenvalue weighted by Crippen LogP contribution is 2.37. The SMILES string of the molecule is CCc1cc(CC2(O)CCN3CCCCC32)n(CC)n1. The molecule has 2 aliphatic rings. The van der Waals surface area contributed by atoms with Gasteiger partial charge in [-0.1, -0.05) is 13.3 Å². The molecule has 2 unspecified atom stereocenters. The summed E-state index contributed by atoms with van der Waals surface area (Å²) in [6, 6.07) is 2.55. The molecule has 1 N–H and O–H groups in total. The molecule has 1 aromatic rings. The maximum absolute atomic E-state index is 11.2. The fraction of sp³-hybridized carbons (Fsp3) is 0.812. The van der Waals surface area contributed by atoms with Crippen molar-refractivity contribution in [1.82, 2.24) is 14.7 Å². The molecule has 0 amide bonds. The maximum atomic E-state index is 11.2. The van der Waals surface area contributed by atoms with Crippen LogP contribution in [0, 0.1) is 0 Å². The van der Waals surface area contributed by atoms with Crippen LogP contribution < -0.4 is 0 Å². The van der Waals surface area contributed by atoms with Crippen LogP contribution in [0.3, 0.4) is 0 Å². The number of nitrogens with zero attached hydrogens (tertiary/aromatic N) is 3. The van der Waals surface area contributed by atoms with Gasteiger partial charge >= 0.3 is 0 Å². The topological polar surface area (TPSA) is 41.3 Å². The summed E-state index contributed by atoms with van der Waals surface area (Å²) < 4.78 is 2.07. The zero-order valence-corrected chi connectivity index (χ0v) is 12.8. The van der Waals surface area contributed by atoms with E-state index >= 15 is 0 Å². The van der Waals surface area contributed by atoms with Gasteiger partial charge in [0.05, 0.1) is 11.3 Å². The number of hydrogen-bond donors (Lipinski definition) is 1. The van der Waals surface area contributed by atoms with Gasteiger partial charge in [0, 0.05) is 31.2 Å². The highest BCUT2D eigenvalue weighted by Gasteiger charge is 2.46. The molecule has 1 aromatic heterocycles. The Bertz CT molecular complexity index is 470. The molecule has 0 saturated carbocycles. The molecule has 3 rings (SSSR count). The third-order valence-corrected chi connectivity index (χ3v) is 5.13. The number of hydrogen-bond acceptors (Lipinski definition) is 3. The minimum atomic E-state index is -0.543. The van der Waals surface area contributed by atoms with Gasteiger partial charge in [-0.05, 0) is 45.2 Å². The van der Waals surface area contributed by atoms with Gasteiger partial charge in [-0.15, -0.1) is 0 Å². The lowest BCUT2D eigenvalue weighted by Crippen LogP contribution is -2.48. The molecule has 2 fully saturated rings. The quantitative estimate of drug-likeness (QED) is 0.915. The lowest BCUT2D eigenvalue weighted by molar-refractivity contribution is -0.0103. The normalized spacial score (nSPS) is 30.6. The minimum Gasteiger partial charge on any atom is -0.388 e. The summed E-state index contributed by atoms with van der Waals surface area (Å²) >= 11 is 0. The lowest BCUT2D eigenvalue weighted by Gasteiger charge is -2.37. The van der Waals surface area contributed by atoms with E-state index in [2.05, 4.69) is 34.6 Å². The summed E-state index contributed by atoms with van der Waals surface area (Å²) in [6.45, 7) is 7.38. The van der Waals surface area contributed by atoms with Gasteiger partial charge in [0.2, 0.25) is 0 Å². The second kappa shape index (κ2) is 5.49. The average molecular weight is 277 g/mol. The van der Waals surface area contributed by atoms with Crippen molar-refractivity contribution in [1.29, 1.82) is 0 Å². The van der Waals surface area contributed by atoms with Gasteiger partial charge < -0.3 is 5.11 Å². The first kappa shape index (κ1) is 14.1. The molecule has 0 aromatic carbocycles. The van der Waals surface area contributed by atoms with Crippen molar-refractivity contribution in [2.75, 3.05) is 13.1 Å². The van der Waals surface area contributed by atoms with Crippen LogP contribution in [0.5, 0.6) is 0 Å². The highest BCUT2D eigenvalue weighted by atomic mass is 16.3. The molecule has 20 heavy (non-hydrogen) atoms. The van der Waals surface area contributed by atoms with E-state index in [1.54, 1.807) is 0 Å². The Kier molecular flexibility index (Phi) is 3.87. The Labute approximate surface area is 121 Å². The molecule has 4 nitrogen and oxygen atoms in total. The van der Waals surface area contributed by atoms with Gasteiger partial charge in [0.15, 0.2) is 0 Å². The van der Waals surface area contributed by atoms with E-state index in [1.165, 1.54) is 25.1 Å². The van der Waals surface area contributed by atoms with E-state index in [1.807, 2.05) is 0 Å². The van der Waals surface area contributed by atoms with Crippen molar-refractivity contribution in [2.24, 2.45) is 0 Å². The molecule has 0 bridgehead atoms. The average Bonchev–Trinajstić information content (AvgIpc) is 3.01. The minimum absolute atomic E-state index is 0.363. The molecule has 2 aliphatic heterocycles. The Morgan fingerprint density at radius 1 is 1.35 bits per heavy atom. The predicted molar refractivity (Wildman–Crippen MR) is 79.8 cm³/mol. The van der Waals surface area contributed by atoms with E-state index in [0.717, 1.165) is 44.5 Å². The first-order valence-corrected chi connectivity index (χ1v) is 8.18. The van der Waals surface area contributed by atoms with Crippen LogP contribution in [0.1, 0.15) is 50.9 Å². The van der Waals surface area contributed by atoms with Gasteiger partial charge in [0.1, 0.15) is 0 Å². The van der Waals surface area contributed by atoms with Crippen LogP contribution in [0.2, 0.25) is 0 Å². The van der Waals surface area contributed by atoms with Gasteiger partial charge in [-0.25, -0.2) is 0 Å². The van der Waals surface area contributed by atoms with Crippen molar-refractivity contribution >= 4 is 0 Å². The van der Waals surface area contributed by atoms with Crippen molar-refractivity contribution in [3.63, 3.8) is 0 Å². The summed E-state index contributed by atoms with van der Waals surface area (Å²) in [4.78, 5) is 2.50. The third-order valence-electron chi connectivity index (χ3n) is 5.13. The van der Waals surface area contributed by atoms with Crippen LogP contribution >= 0.6 is 0 Å². The summed E-state index contributed by atoms with van der Waals surface area (Å²) in [7, 11) is 0. The van der Waals surface area contributed by atoms with E-state index in [0.29, 0.717) is 6.04 Å². The van der Waals surface area contributed by atoms with Crippen LogP contribution in [0.15, 0.2) is 6.07 Å². The first-order valence-electron chi connectivity index (χ1n) is 8.18. The van der Waals surface area contributed by atoms with Crippen LogP contribution in [0.25, 0.3) is 0 Å². The van der Waals surface area contributed by atoms with E-state index in [4.69, 9.17) is 0 Å². The van der Waals surface area contributed by atoms with Gasteiger partial charge in [0.25, 0.3) is 0 Å². The summed E-state index contributed by atoms with van der Waals surface area (Å²) in [5.74, 6) is 0. The van der Waals surface area contributed by atoms with E-state index < -0.39 is 5.60 Å². The highest BCUT2D eigenvalue weighted by molar-refractivity contribution is 5.16. The molecule has 0 aliphatic carbocycles. The van der Waals surface area contributed by atoms with E-state index in [-0.39, 0.29) is 0 Å². The number of rotatable bonds is 4. The van der Waals surface area contributed by atoms with Crippen LogP contribution in [-0.4, -0.2) is 44.5 Å². The van der Waals surface area contributed by atoms with E-state index in [9.17, 15) is 5.11 Å². The zero-order valence-electron chi connectivity index (χ0n) is 12.8. The first-order chi connectivity index (χ1) is 9.66. The molecular formula is C16H27N3O. The molecule has 4 heteroatoms. The molecule has 3 heterocycles. The van der Waals surface area contributed by atoms with Crippen molar-refractivity contribution in [3.05, 3.63) is 17.5 Å². The van der Waals surface area contributed by atoms with Crippen molar-refractivity contribution in [3.8, 4) is 0 Å². The lowest BCUT2D eigenvalue weighted by atomic mass is 9.85. The van der Waals surface area contributed by atoms with Crippen molar-refractivity contribution in [2.45, 2.75) is 70.6 Å². The largest absolute Gasteiger partial charge is 0.388 e. The van der Waals surface area contributed by atoms with Crippen LogP contribution in [0.4, 0.5) is 0 Å². The fourth-order valence-corrected chi connectivity index (χ4v) is 3.99. The monoisotopic (exact) mass is 277 g/mol. The van der Waals surface area contributed by atoms with Gasteiger partial charge in [-0.3, -0.25) is 9.58 Å². The number of fused-ring (bicyclic) bond motifs is 1. The number of piperidine rings is 1.